The second kappa shape index (κ2) is 1.45. The Bertz CT molecular complexity index is 90.7. The van der Waals surface area contributed by atoms with Crippen molar-refractivity contribution in [3.63, 3.8) is 0 Å². The normalized spacial score (nSPS) is 33.0. The SMILES string of the molecule is [CH]1CCOC12CNC2. The van der Waals surface area contributed by atoms with Crippen molar-refractivity contribution in [3.05, 3.63) is 6.42 Å². The molecule has 2 heterocycles. The van der Waals surface area contributed by atoms with E-state index >= 15 is 0 Å². The minimum absolute atomic E-state index is 0.181. The zero-order chi connectivity index (χ0) is 5.45. The molecule has 1 radical (unpaired) electrons. The van der Waals surface area contributed by atoms with Gasteiger partial charge in [-0.1, -0.05) is 0 Å². The van der Waals surface area contributed by atoms with Crippen molar-refractivity contribution in [1.29, 1.82) is 0 Å². The summed E-state index contributed by atoms with van der Waals surface area (Å²) in [4.78, 5) is 0. The van der Waals surface area contributed by atoms with Crippen molar-refractivity contribution >= 4 is 0 Å². The summed E-state index contributed by atoms with van der Waals surface area (Å²) in [7, 11) is 0. The van der Waals surface area contributed by atoms with Gasteiger partial charge in [0.1, 0.15) is 0 Å². The molecule has 2 rings (SSSR count). The standard InChI is InChI=1S/C6H10NO/c1-2-6(8-3-1)4-7-5-6/h2,7H,1,3-5H2. The highest BCUT2D eigenvalue weighted by atomic mass is 16.5. The van der Waals surface area contributed by atoms with Crippen molar-refractivity contribution in [2.75, 3.05) is 19.7 Å². The highest BCUT2D eigenvalue weighted by Crippen LogP contribution is 2.27. The van der Waals surface area contributed by atoms with Crippen LogP contribution in [0.1, 0.15) is 6.42 Å². The fourth-order valence-corrected chi connectivity index (χ4v) is 1.26. The van der Waals surface area contributed by atoms with Crippen molar-refractivity contribution < 1.29 is 4.74 Å². The summed E-state index contributed by atoms with van der Waals surface area (Å²) in [5.74, 6) is 0. The predicted molar refractivity (Wildman–Crippen MR) is 30.5 cm³/mol. The number of hydrogen-bond acceptors (Lipinski definition) is 2. The van der Waals surface area contributed by atoms with Crippen molar-refractivity contribution in [1.82, 2.24) is 5.32 Å². The molecule has 0 bridgehead atoms. The van der Waals surface area contributed by atoms with E-state index in [-0.39, 0.29) is 5.60 Å². The third-order valence-electron chi connectivity index (χ3n) is 1.87. The first-order chi connectivity index (χ1) is 3.91. The first kappa shape index (κ1) is 4.77. The number of rotatable bonds is 0. The molecule has 2 aliphatic heterocycles. The Labute approximate surface area is 49.2 Å². The predicted octanol–water partition coefficient (Wildman–Crippen LogP) is -0.0470. The molecule has 1 N–H and O–H groups in total. The molecule has 0 aliphatic carbocycles. The van der Waals surface area contributed by atoms with Crippen LogP contribution in [0.5, 0.6) is 0 Å². The third kappa shape index (κ3) is 0.501. The van der Waals surface area contributed by atoms with Crippen molar-refractivity contribution in [2.24, 2.45) is 0 Å². The average Bonchev–Trinajstić information content (AvgIpc) is 2.07. The molecule has 0 aromatic carbocycles. The molecule has 0 amide bonds. The van der Waals surface area contributed by atoms with Gasteiger partial charge in [-0.3, -0.25) is 0 Å². The Kier molecular flexibility index (Phi) is 0.866. The molecule has 2 heteroatoms. The summed E-state index contributed by atoms with van der Waals surface area (Å²) in [6.45, 7) is 3.00. The van der Waals surface area contributed by atoms with Crippen LogP contribution in [0.25, 0.3) is 0 Å². The van der Waals surface area contributed by atoms with Gasteiger partial charge in [0.15, 0.2) is 0 Å². The molecule has 2 saturated heterocycles. The maximum absolute atomic E-state index is 5.46. The summed E-state index contributed by atoms with van der Waals surface area (Å²) in [6.07, 6.45) is 3.42. The first-order valence-electron chi connectivity index (χ1n) is 3.10. The van der Waals surface area contributed by atoms with Gasteiger partial charge in [-0.15, -0.1) is 0 Å². The topological polar surface area (TPSA) is 21.3 Å². The van der Waals surface area contributed by atoms with Crippen LogP contribution in [-0.4, -0.2) is 25.3 Å². The summed E-state index contributed by atoms with van der Waals surface area (Å²) < 4.78 is 5.46. The maximum atomic E-state index is 5.46. The van der Waals surface area contributed by atoms with Gasteiger partial charge >= 0.3 is 0 Å². The van der Waals surface area contributed by atoms with Gasteiger partial charge < -0.3 is 10.1 Å². The second-order valence-electron chi connectivity index (χ2n) is 2.51. The van der Waals surface area contributed by atoms with Crippen LogP contribution in [0.3, 0.4) is 0 Å². The Hall–Kier alpha value is -0.0800. The minimum Gasteiger partial charge on any atom is -0.372 e. The van der Waals surface area contributed by atoms with Gasteiger partial charge in [-0.05, 0) is 12.8 Å². The minimum atomic E-state index is 0.181. The third-order valence-corrected chi connectivity index (χ3v) is 1.87. The molecule has 0 aromatic rings. The van der Waals surface area contributed by atoms with E-state index in [4.69, 9.17) is 4.74 Å². The fraction of sp³-hybridized carbons (Fsp3) is 0.833. The van der Waals surface area contributed by atoms with Gasteiger partial charge in [0.2, 0.25) is 0 Å². The van der Waals surface area contributed by atoms with Gasteiger partial charge in [0.25, 0.3) is 0 Å². The summed E-state index contributed by atoms with van der Waals surface area (Å²) in [6, 6.07) is 0. The van der Waals surface area contributed by atoms with E-state index in [9.17, 15) is 0 Å². The lowest BCUT2D eigenvalue weighted by molar-refractivity contribution is -0.0171. The molecular weight excluding hydrogens is 102 g/mol. The lowest BCUT2D eigenvalue weighted by atomic mass is 9.94. The molecule has 8 heavy (non-hydrogen) atoms. The van der Waals surface area contributed by atoms with Gasteiger partial charge in [0.05, 0.1) is 5.60 Å². The van der Waals surface area contributed by atoms with Crippen molar-refractivity contribution in [3.8, 4) is 0 Å². The Morgan fingerprint density at radius 3 is 2.62 bits per heavy atom. The molecule has 2 fully saturated rings. The smallest absolute Gasteiger partial charge is 0.0962 e. The summed E-state index contributed by atoms with van der Waals surface area (Å²) >= 11 is 0. The van der Waals surface area contributed by atoms with E-state index in [1.807, 2.05) is 0 Å². The van der Waals surface area contributed by atoms with Gasteiger partial charge in [-0.2, -0.15) is 0 Å². The number of ether oxygens (including phenoxy) is 1. The lowest BCUT2D eigenvalue weighted by Gasteiger charge is -2.37. The quantitative estimate of drug-likeness (QED) is 0.474. The van der Waals surface area contributed by atoms with E-state index in [1.165, 1.54) is 0 Å². The van der Waals surface area contributed by atoms with E-state index in [0.717, 1.165) is 26.1 Å². The molecule has 0 unspecified atom stereocenters. The van der Waals surface area contributed by atoms with Crippen LogP contribution in [0.4, 0.5) is 0 Å². The van der Waals surface area contributed by atoms with Crippen LogP contribution in [0.2, 0.25) is 0 Å². The average molecular weight is 112 g/mol. The second-order valence-corrected chi connectivity index (χ2v) is 2.51. The lowest BCUT2D eigenvalue weighted by Crippen LogP contribution is -2.59. The highest BCUT2D eigenvalue weighted by Gasteiger charge is 2.40. The molecule has 0 atom stereocenters. The molecule has 1 spiro atoms. The summed E-state index contributed by atoms with van der Waals surface area (Å²) in [5, 5.41) is 3.19. The molecule has 45 valence electrons. The van der Waals surface area contributed by atoms with E-state index < -0.39 is 0 Å². The maximum Gasteiger partial charge on any atom is 0.0962 e. The van der Waals surface area contributed by atoms with Crippen LogP contribution in [0, 0.1) is 6.42 Å². The van der Waals surface area contributed by atoms with Crippen LogP contribution in [-0.2, 0) is 4.74 Å². The zero-order valence-corrected chi connectivity index (χ0v) is 4.81. The largest absolute Gasteiger partial charge is 0.372 e. The van der Waals surface area contributed by atoms with Crippen LogP contribution in [0.15, 0.2) is 0 Å². The van der Waals surface area contributed by atoms with Gasteiger partial charge in [0, 0.05) is 19.7 Å². The summed E-state index contributed by atoms with van der Waals surface area (Å²) in [5.41, 5.74) is 0.181. The molecule has 0 aromatic heterocycles. The number of hydrogen-bond donors (Lipinski definition) is 1. The Morgan fingerprint density at radius 1 is 1.50 bits per heavy atom. The molecular formula is C6H10NO. The van der Waals surface area contributed by atoms with Crippen LogP contribution >= 0.6 is 0 Å². The van der Waals surface area contributed by atoms with Crippen molar-refractivity contribution in [2.45, 2.75) is 12.0 Å². The highest BCUT2D eigenvalue weighted by molar-refractivity contribution is 5.08. The zero-order valence-electron chi connectivity index (χ0n) is 4.81. The Morgan fingerprint density at radius 2 is 2.38 bits per heavy atom. The van der Waals surface area contributed by atoms with Crippen LogP contribution < -0.4 is 5.32 Å². The molecule has 0 saturated carbocycles. The fourth-order valence-electron chi connectivity index (χ4n) is 1.26. The van der Waals surface area contributed by atoms with E-state index in [0.29, 0.717) is 0 Å². The van der Waals surface area contributed by atoms with E-state index in [2.05, 4.69) is 11.7 Å². The number of nitrogens with one attached hydrogen (secondary N) is 1. The molecule has 2 nitrogen and oxygen atoms in total. The Balaban J connectivity index is 2.01. The monoisotopic (exact) mass is 112 g/mol. The van der Waals surface area contributed by atoms with Gasteiger partial charge in [-0.25, -0.2) is 0 Å². The molecule has 2 aliphatic rings. The first-order valence-corrected chi connectivity index (χ1v) is 3.10. The van der Waals surface area contributed by atoms with E-state index in [1.54, 1.807) is 0 Å².